The molecule has 50 valence electrons. The van der Waals surface area contributed by atoms with E-state index in [1.54, 1.807) is 30.2 Å². The fourth-order valence-electron chi connectivity index (χ4n) is 0.644. The molecule has 0 radical (unpaired) electrons. The van der Waals surface area contributed by atoms with Gasteiger partial charge in [0.15, 0.2) is 0 Å². The van der Waals surface area contributed by atoms with Crippen LogP contribution in [0.5, 0.6) is 0 Å². The smallest absolute Gasteiger partial charge is 0.124 e. The minimum absolute atomic E-state index is 0.759. The fourth-order valence-corrected chi connectivity index (χ4v) is 1.32. The highest BCUT2D eigenvalue weighted by atomic mass is 32.2. The number of aryl methyl sites for hydroxylation is 1. The quantitative estimate of drug-likeness (QED) is 0.562. The van der Waals surface area contributed by atoms with Gasteiger partial charge in [0.2, 0.25) is 0 Å². The Hall–Kier alpha value is -0.640. The summed E-state index contributed by atoms with van der Waals surface area (Å²) in [6, 6.07) is 1.75. The van der Waals surface area contributed by atoms with Crippen molar-refractivity contribution in [1.82, 2.24) is 9.78 Å². The molecule has 0 bridgehead atoms. The summed E-state index contributed by atoms with van der Waals surface area (Å²) in [5.41, 5.74) is 0. The van der Waals surface area contributed by atoms with Crippen LogP contribution in [0.3, 0.4) is 0 Å². The molecule has 1 aromatic heterocycles. The zero-order valence-corrected chi connectivity index (χ0v) is 6.18. The Morgan fingerprint density at radius 3 is 2.67 bits per heavy atom. The van der Waals surface area contributed by atoms with Gasteiger partial charge in [-0.1, -0.05) is 0 Å². The third-order valence-corrected chi connectivity index (χ3v) is 2.06. The molecule has 0 spiro atoms. The standard InChI is InChI=1S/C5H8N2OS/c1-7-5(9(2)8)3-4-6-7/h3-4H,1-2H3. The molecule has 0 aliphatic carbocycles. The van der Waals surface area contributed by atoms with Gasteiger partial charge in [-0.2, -0.15) is 5.10 Å². The lowest BCUT2D eigenvalue weighted by molar-refractivity contribution is 0.655. The summed E-state index contributed by atoms with van der Waals surface area (Å²) in [6.45, 7) is 0. The minimum Gasteiger partial charge on any atom is -0.260 e. The predicted molar refractivity (Wildman–Crippen MR) is 35.5 cm³/mol. The van der Waals surface area contributed by atoms with E-state index in [0.29, 0.717) is 0 Å². The van der Waals surface area contributed by atoms with Gasteiger partial charge in [-0.05, 0) is 6.07 Å². The molecule has 0 aliphatic rings. The molecule has 0 amide bonds. The number of nitrogens with zero attached hydrogens (tertiary/aromatic N) is 2. The van der Waals surface area contributed by atoms with Gasteiger partial charge in [0.25, 0.3) is 0 Å². The highest BCUT2D eigenvalue weighted by Crippen LogP contribution is 1.99. The summed E-state index contributed by atoms with van der Waals surface area (Å²) in [4.78, 5) is 0. The third-order valence-electron chi connectivity index (χ3n) is 1.07. The summed E-state index contributed by atoms with van der Waals surface area (Å²) in [6.07, 6.45) is 3.27. The molecule has 3 nitrogen and oxygen atoms in total. The SMILES string of the molecule is Cn1nccc1S(C)=O. The molecule has 9 heavy (non-hydrogen) atoms. The van der Waals surface area contributed by atoms with E-state index in [1.165, 1.54) is 0 Å². The van der Waals surface area contributed by atoms with E-state index in [4.69, 9.17) is 0 Å². The Morgan fingerprint density at radius 2 is 2.44 bits per heavy atom. The van der Waals surface area contributed by atoms with Gasteiger partial charge in [-0.15, -0.1) is 0 Å². The van der Waals surface area contributed by atoms with E-state index in [1.807, 2.05) is 0 Å². The molecule has 0 saturated carbocycles. The zero-order valence-electron chi connectivity index (χ0n) is 5.37. The lowest BCUT2D eigenvalue weighted by Crippen LogP contribution is -1.98. The van der Waals surface area contributed by atoms with E-state index in [0.717, 1.165) is 5.03 Å². The molecule has 1 unspecified atom stereocenters. The molecule has 0 N–H and O–H groups in total. The van der Waals surface area contributed by atoms with Crippen LogP contribution in [0.4, 0.5) is 0 Å². The second-order valence-electron chi connectivity index (χ2n) is 1.75. The Balaban J connectivity index is 3.08. The summed E-state index contributed by atoms with van der Waals surface area (Å²) in [7, 11) is 0.866. The molecule has 0 fully saturated rings. The Bertz CT molecular complexity index is 231. The van der Waals surface area contributed by atoms with E-state index >= 15 is 0 Å². The molecule has 0 aliphatic heterocycles. The van der Waals surface area contributed by atoms with Crippen LogP contribution in [-0.4, -0.2) is 20.2 Å². The summed E-state index contributed by atoms with van der Waals surface area (Å²) >= 11 is 0. The van der Waals surface area contributed by atoms with Crippen LogP contribution in [-0.2, 0) is 17.8 Å². The van der Waals surface area contributed by atoms with Crippen molar-refractivity contribution >= 4 is 10.8 Å². The van der Waals surface area contributed by atoms with Crippen molar-refractivity contribution in [1.29, 1.82) is 0 Å². The van der Waals surface area contributed by atoms with Gasteiger partial charge in [0.1, 0.15) is 5.03 Å². The van der Waals surface area contributed by atoms with Crippen molar-refractivity contribution in [3.05, 3.63) is 12.3 Å². The highest BCUT2D eigenvalue weighted by Gasteiger charge is 1.99. The Kier molecular flexibility index (Phi) is 1.66. The molecule has 1 aromatic rings. The van der Waals surface area contributed by atoms with Gasteiger partial charge < -0.3 is 0 Å². The number of rotatable bonds is 1. The van der Waals surface area contributed by atoms with Crippen LogP contribution in [0.15, 0.2) is 17.3 Å². The lowest BCUT2D eigenvalue weighted by Gasteiger charge is -1.93. The molecule has 1 atom stereocenters. The van der Waals surface area contributed by atoms with Gasteiger partial charge in [0, 0.05) is 13.3 Å². The molecule has 1 heterocycles. The topological polar surface area (TPSA) is 34.9 Å². The molecule has 4 heteroatoms. The van der Waals surface area contributed by atoms with E-state index in [-0.39, 0.29) is 0 Å². The lowest BCUT2D eigenvalue weighted by atomic mass is 10.7. The van der Waals surface area contributed by atoms with E-state index in [9.17, 15) is 4.21 Å². The fraction of sp³-hybridized carbons (Fsp3) is 0.400. The number of aromatic nitrogens is 2. The van der Waals surface area contributed by atoms with Crippen LogP contribution in [0.1, 0.15) is 0 Å². The van der Waals surface area contributed by atoms with Crippen molar-refractivity contribution in [3.8, 4) is 0 Å². The largest absolute Gasteiger partial charge is 0.260 e. The molecule has 1 rings (SSSR count). The maximum atomic E-state index is 10.8. The molecule has 0 saturated heterocycles. The summed E-state index contributed by atoms with van der Waals surface area (Å²) in [5.74, 6) is 0. The van der Waals surface area contributed by atoms with E-state index < -0.39 is 10.8 Å². The van der Waals surface area contributed by atoms with Crippen molar-refractivity contribution in [2.24, 2.45) is 7.05 Å². The summed E-state index contributed by atoms with van der Waals surface area (Å²) in [5, 5.41) is 4.62. The molecular formula is C5H8N2OS. The number of hydrogen-bond donors (Lipinski definition) is 0. The van der Waals surface area contributed by atoms with E-state index in [2.05, 4.69) is 5.10 Å². The van der Waals surface area contributed by atoms with Crippen LogP contribution in [0.2, 0.25) is 0 Å². The first kappa shape index (κ1) is 6.48. The predicted octanol–water partition coefficient (Wildman–Crippen LogP) is 0.158. The molecular weight excluding hydrogens is 136 g/mol. The van der Waals surface area contributed by atoms with Crippen LogP contribution < -0.4 is 0 Å². The van der Waals surface area contributed by atoms with Gasteiger partial charge >= 0.3 is 0 Å². The zero-order chi connectivity index (χ0) is 6.85. The van der Waals surface area contributed by atoms with Gasteiger partial charge in [0.05, 0.1) is 17.0 Å². The monoisotopic (exact) mass is 144 g/mol. The van der Waals surface area contributed by atoms with Crippen LogP contribution in [0, 0.1) is 0 Å². The maximum absolute atomic E-state index is 10.8. The number of hydrogen-bond acceptors (Lipinski definition) is 2. The van der Waals surface area contributed by atoms with Gasteiger partial charge in [-0.3, -0.25) is 8.89 Å². The minimum atomic E-state index is -0.909. The second-order valence-corrected chi connectivity index (χ2v) is 3.07. The van der Waals surface area contributed by atoms with Crippen molar-refractivity contribution < 1.29 is 4.21 Å². The maximum Gasteiger partial charge on any atom is 0.124 e. The van der Waals surface area contributed by atoms with Crippen LogP contribution in [0.25, 0.3) is 0 Å². The average molecular weight is 144 g/mol. The highest BCUT2D eigenvalue weighted by molar-refractivity contribution is 7.84. The molecule has 0 aromatic carbocycles. The van der Waals surface area contributed by atoms with Crippen molar-refractivity contribution in [2.45, 2.75) is 5.03 Å². The first-order chi connectivity index (χ1) is 4.22. The first-order valence-corrected chi connectivity index (χ1v) is 4.09. The van der Waals surface area contributed by atoms with Crippen LogP contribution >= 0.6 is 0 Å². The third kappa shape index (κ3) is 1.18. The normalized spacial score (nSPS) is 13.6. The Morgan fingerprint density at radius 1 is 1.78 bits per heavy atom. The summed E-state index contributed by atoms with van der Waals surface area (Å²) < 4.78 is 12.4. The first-order valence-electron chi connectivity index (χ1n) is 2.53. The second kappa shape index (κ2) is 2.31. The van der Waals surface area contributed by atoms with Crippen molar-refractivity contribution in [3.63, 3.8) is 0 Å². The average Bonchev–Trinajstić information content (AvgIpc) is 2.13. The van der Waals surface area contributed by atoms with Crippen molar-refractivity contribution in [2.75, 3.05) is 6.26 Å². The Labute approximate surface area is 56.1 Å². The van der Waals surface area contributed by atoms with Gasteiger partial charge in [-0.25, -0.2) is 0 Å².